The second-order valence-corrected chi connectivity index (χ2v) is 4.21. The van der Waals surface area contributed by atoms with Crippen molar-refractivity contribution in [3.8, 4) is 0 Å². The summed E-state index contributed by atoms with van der Waals surface area (Å²) < 4.78 is 0. The molecule has 1 nitrogen and oxygen atoms in total. The first-order chi connectivity index (χ1) is 6.77. The third kappa shape index (κ3) is 3.18. The van der Waals surface area contributed by atoms with Crippen molar-refractivity contribution in [3.63, 3.8) is 0 Å². The molecule has 2 heteroatoms. The van der Waals surface area contributed by atoms with E-state index in [1.165, 1.54) is 16.1 Å². The summed E-state index contributed by atoms with van der Waals surface area (Å²) in [6.07, 6.45) is 8.23. The molecule has 0 atom stereocenters. The minimum atomic E-state index is 1.10. The van der Waals surface area contributed by atoms with Gasteiger partial charge in [0.2, 0.25) is 0 Å². The molecular weight excluding hydrogens is 190 g/mol. The van der Waals surface area contributed by atoms with Crippen LogP contribution in [0.4, 0.5) is 0 Å². The lowest BCUT2D eigenvalue weighted by molar-refractivity contribution is 0.946. The molecule has 0 saturated carbocycles. The summed E-state index contributed by atoms with van der Waals surface area (Å²) in [7, 11) is 0. The monoisotopic (exact) mass is 207 g/mol. The molecule has 0 unspecified atom stereocenters. The van der Waals surface area contributed by atoms with Gasteiger partial charge in [-0.3, -0.25) is 4.99 Å². The van der Waals surface area contributed by atoms with Crippen molar-refractivity contribution < 1.29 is 0 Å². The Morgan fingerprint density at radius 3 is 2.79 bits per heavy atom. The van der Waals surface area contributed by atoms with Crippen LogP contribution < -0.4 is 0 Å². The molecule has 0 aromatic rings. The summed E-state index contributed by atoms with van der Waals surface area (Å²) >= 11 is 1.81. The van der Waals surface area contributed by atoms with Gasteiger partial charge in [0.1, 0.15) is 0 Å². The van der Waals surface area contributed by atoms with Crippen molar-refractivity contribution in [1.82, 2.24) is 0 Å². The van der Waals surface area contributed by atoms with Gasteiger partial charge in [-0.1, -0.05) is 23.4 Å². The highest BCUT2D eigenvalue weighted by molar-refractivity contribution is 8.06. The average molecular weight is 207 g/mol. The van der Waals surface area contributed by atoms with Crippen molar-refractivity contribution in [3.05, 3.63) is 33.7 Å². The lowest BCUT2D eigenvalue weighted by Crippen LogP contribution is -1.84. The molecule has 1 aliphatic heterocycles. The molecule has 0 amide bonds. The second kappa shape index (κ2) is 5.86. The molecule has 1 heterocycles. The van der Waals surface area contributed by atoms with Crippen LogP contribution in [0.5, 0.6) is 0 Å². The third-order valence-electron chi connectivity index (χ3n) is 2.13. The van der Waals surface area contributed by atoms with Crippen LogP contribution in [0, 0.1) is 0 Å². The zero-order valence-corrected chi connectivity index (χ0v) is 9.90. The SMILES string of the molecule is CC=NC=C1CCC(C)=CSC1=CC. The highest BCUT2D eigenvalue weighted by Gasteiger charge is 2.08. The van der Waals surface area contributed by atoms with Crippen LogP contribution in [0.1, 0.15) is 33.6 Å². The Labute approximate surface area is 90.7 Å². The summed E-state index contributed by atoms with van der Waals surface area (Å²) in [5.74, 6) is 0. The Morgan fingerprint density at radius 1 is 1.36 bits per heavy atom. The van der Waals surface area contributed by atoms with Gasteiger partial charge in [0.15, 0.2) is 0 Å². The normalized spacial score (nSPS) is 24.4. The summed E-state index contributed by atoms with van der Waals surface area (Å²) in [4.78, 5) is 5.54. The minimum Gasteiger partial charge on any atom is -0.269 e. The molecule has 0 aromatic carbocycles. The average Bonchev–Trinajstić information content (AvgIpc) is 2.37. The van der Waals surface area contributed by atoms with E-state index in [1.807, 2.05) is 31.1 Å². The summed E-state index contributed by atoms with van der Waals surface area (Å²) in [6.45, 7) is 6.21. The van der Waals surface area contributed by atoms with Gasteiger partial charge in [-0.2, -0.15) is 0 Å². The van der Waals surface area contributed by atoms with E-state index in [0.717, 1.165) is 12.8 Å². The first-order valence-corrected chi connectivity index (χ1v) is 5.81. The summed E-state index contributed by atoms with van der Waals surface area (Å²) in [5, 5.41) is 2.24. The standard InChI is InChI=1S/C12H17NS/c1-4-12-11(8-13-5-2)7-6-10(3)9-14-12/h4-5,8-9H,6-7H2,1-3H3. The predicted molar refractivity (Wildman–Crippen MR) is 66.6 cm³/mol. The molecule has 14 heavy (non-hydrogen) atoms. The van der Waals surface area contributed by atoms with Crippen LogP contribution in [0.2, 0.25) is 0 Å². The van der Waals surface area contributed by atoms with E-state index >= 15 is 0 Å². The molecule has 0 aromatic heterocycles. The molecule has 0 radical (unpaired) electrons. The van der Waals surface area contributed by atoms with Crippen molar-refractivity contribution in [2.24, 2.45) is 4.99 Å². The van der Waals surface area contributed by atoms with Gasteiger partial charge in [-0.15, -0.1) is 0 Å². The van der Waals surface area contributed by atoms with Gasteiger partial charge in [0.05, 0.1) is 0 Å². The van der Waals surface area contributed by atoms with Gasteiger partial charge >= 0.3 is 0 Å². The number of rotatable bonds is 1. The molecular formula is C12H17NS. The maximum absolute atomic E-state index is 4.20. The first-order valence-electron chi connectivity index (χ1n) is 4.93. The van der Waals surface area contributed by atoms with E-state index in [4.69, 9.17) is 0 Å². The Kier molecular flexibility index (Phi) is 4.74. The lowest BCUT2D eigenvalue weighted by Gasteiger charge is -2.04. The molecule has 0 saturated heterocycles. The third-order valence-corrected chi connectivity index (χ3v) is 3.41. The molecule has 0 aliphatic carbocycles. The Morgan fingerprint density at radius 2 is 2.14 bits per heavy atom. The van der Waals surface area contributed by atoms with E-state index in [2.05, 4.69) is 30.3 Å². The fourth-order valence-electron chi connectivity index (χ4n) is 1.30. The van der Waals surface area contributed by atoms with Crippen molar-refractivity contribution in [2.45, 2.75) is 33.6 Å². The van der Waals surface area contributed by atoms with Crippen LogP contribution in [0.25, 0.3) is 0 Å². The van der Waals surface area contributed by atoms with E-state index in [9.17, 15) is 0 Å². The molecule has 0 fully saturated rings. The summed E-state index contributed by atoms with van der Waals surface area (Å²) in [6, 6.07) is 0. The maximum atomic E-state index is 4.20. The van der Waals surface area contributed by atoms with Crippen molar-refractivity contribution >= 4 is 18.0 Å². The fourth-order valence-corrected chi connectivity index (χ4v) is 2.19. The van der Waals surface area contributed by atoms with Crippen LogP contribution in [0.3, 0.4) is 0 Å². The number of hydrogen-bond donors (Lipinski definition) is 0. The van der Waals surface area contributed by atoms with Crippen molar-refractivity contribution in [1.29, 1.82) is 0 Å². The van der Waals surface area contributed by atoms with E-state index in [0.29, 0.717) is 0 Å². The number of thioether (sulfide) groups is 1. The Hall–Kier alpha value is -0.760. The Balaban J connectivity index is 2.86. The lowest BCUT2D eigenvalue weighted by atomic mass is 10.1. The van der Waals surface area contributed by atoms with Crippen LogP contribution in [0.15, 0.2) is 38.7 Å². The van der Waals surface area contributed by atoms with Gasteiger partial charge < -0.3 is 0 Å². The first kappa shape index (κ1) is 11.3. The summed E-state index contributed by atoms with van der Waals surface area (Å²) in [5.41, 5.74) is 2.81. The maximum Gasteiger partial charge on any atom is 0.0307 e. The number of aliphatic imine (C=N–C) groups is 1. The molecule has 1 rings (SSSR count). The number of allylic oxidation sites excluding steroid dienone is 3. The molecule has 0 bridgehead atoms. The van der Waals surface area contributed by atoms with Gasteiger partial charge in [0.25, 0.3) is 0 Å². The molecule has 0 N–H and O–H groups in total. The van der Waals surface area contributed by atoms with Crippen molar-refractivity contribution in [2.75, 3.05) is 0 Å². The van der Waals surface area contributed by atoms with E-state index in [1.54, 1.807) is 0 Å². The van der Waals surface area contributed by atoms with Crippen LogP contribution in [-0.2, 0) is 0 Å². The largest absolute Gasteiger partial charge is 0.269 e. The second-order valence-electron chi connectivity index (χ2n) is 3.30. The quantitative estimate of drug-likeness (QED) is 0.584. The van der Waals surface area contributed by atoms with Gasteiger partial charge in [0, 0.05) is 17.3 Å². The highest BCUT2D eigenvalue weighted by atomic mass is 32.2. The minimum absolute atomic E-state index is 1.10. The van der Waals surface area contributed by atoms with Crippen LogP contribution >= 0.6 is 11.8 Å². The smallest absolute Gasteiger partial charge is 0.0307 e. The zero-order valence-electron chi connectivity index (χ0n) is 9.08. The Bertz CT molecular complexity index is 308. The number of nitrogens with zero attached hydrogens (tertiary/aromatic N) is 1. The zero-order chi connectivity index (χ0) is 10.4. The topological polar surface area (TPSA) is 12.4 Å². The molecule has 76 valence electrons. The predicted octanol–water partition coefficient (Wildman–Crippen LogP) is 4.30. The van der Waals surface area contributed by atoms with Gasteiger partial charge in [-0.05, 0) is 44.6 Å². The van der Waals surface area contributed by atoms with E-state index < -0.39 is 0 Å². The number of hydrogen-bond acceptors (Lipinski definition) is 2. The molecule has 0 spiro atoms. The van der Waals surface area contributed by atoms with E-state index in [-0.39, 0.29) is 0 Å². The molecule has 1 aliphatic rings. The van der Waals surface area contributed by atoms with Crippen LogP contribution in [-0.4, -0.2) is 6.21 Å². The highest BCUT2D eigenvalue weighted by Crippen LogP contribution is 2.34. The van der Waals surface area contributed by atoms with Gasteiger partial charge in [-0.25, -0.2) is 0 Å². The fraction of sp³-hybridized carbons (Fsp3) is 0.417.